The molecule has 1 amide bonds. The molecule has 0 aliphatic carbocycles. The van der Waals surface area contributed by atoms with Gasteiger partial charge in [0.15, 0.2) is 0 Å². The molecule has 1 aromatic rings. The molecule has 0 unspecified atom stereocenters. The van der Waals surface area contributed by atoms with Gasteiger partial charge >= 0.3 is 0 Å². The van der Waals surface area contributed by atoms with E-state index in [0.717, 1.165) is 37.8 Å². The summed E-state index contributed by atoms with van der Waals surface area (Å²) in [5.74, 6) is 0.235. The molecular weight excluding hydrogens is 308 g/mol. The van der Waals surface area contributed by atoms with Crippen molar-refractivity contribution in [3.8, 4) is 5.75 Å². The van der Waals surface area contributed by atoms with E-state index in [1.807, 2.05) is 13.8 Å². The highest BCUT2D eigenvalue weighted by atomic mass is 16.5. The molecule has 2 heterocycles. The first-order chi connectivity index (χ1) is 11.7. The molecule has 0 spiro atoms. The molecule has 6 heteroatoms. The zero-order chi connectivity index (χ0) is 17.4. The van der Waals surface area contributed by atoms with Crippen LogP contribution in [0.4, 0.5) is 0 Å². The third-order valence-electron chi connectivity index (χ3n) is 4.16. The van der Waals surface area contributed by atoms with Crippen LogP contribution in [0.15, 0.2) is 10.9 Å². The molecular formula is C18H28N2O4. The first-order valence-corrected chi connectivity index (χ1v) is 8.94. The topological polar surface area (TPSA) is 69.6 Å². The van der Waals surface area contributed by atoms with E-state index in [2.05, 4.69) is 5.32 Å². The van der Waals surface area contributed by atoms with Crippen LogP contribution in [0.2, 0.25) is 0 Å². The fraction of sp³-hybridized carbons (Fsp3) is 0.667. The Kier molecular flexibility index (Phi) is 7.31. The van der Waals surface area contributed by atoms with Crippen molar-refractivity contribution in [1.29, 1.82) is 0 Å². The van der Waals surface area contributed by atoms with Crippen LogP contribution in [0.5, 0.6) is 5.75 Å². The van der Waals surface area contributed by atoms with E-state index in [4.69, 9.17) is 9.47 Å². The van der Waals surface area contributed by atoms with E-state index >= 15 is 0 Å². The monoisotopic (exact) mass is 336 g/mol. The van der Waals surface area contributed by atoms with Crippen LogP contribution < -0.4 is 15.6 Å². The Bertz CT molecular complexity index is 610. The molecule has 0 saturated heterocycles. The zero-order valence-electron chi connectivity index (χ0n) is 14.7. The minimum Gasteiger partial charge on any atom is -0.493 e. The summed E-state index contributed by atoms with van der Waals surface area (Å²) in [7, 11) is 0. The second kappa shape index (κ2) is 9.47. The molecule has 1 aliphatic heterocycles. The molecule has 24 heavy (non-hydrogen) atoms. The summed E-state index contributed by atoms with van der Waals surface area (Å²) in [5, 5.41) is 2.93. The van der Waals surface area contributed by atoms with Gasteiger partial charge in [-0.3, -0.25) is 9.59 Å². The van der Waals surface area contributed by atoms with Crippen LogP contribution in [0.1, 0.15) is 55.6 Å². The number of carbonyl (C=O) groups excluding carboxylic acids is 1. The van der Waals surface area contributed by atoms with Gasteiger partial charge in [0.05, 0.1) is 6.61 Å². The highest BCUT2D eigenvalue weighted by Crippen LogP contribution is 2.24. The third kappa shape index (κ3) is 4.60. The van der Waals surface area contributed by atoms with Crippen molar-refractivity contribution in [2.75, 3.05) is 26.4 Å². The maximum absolute atomic E-state index is 12.7. The van der Waals surface area contributed by atoms with Gasteiger partial charge in [-0.25, -0.2) is 0 Å². The number of amides is 1. The second-order valence-corrected chi connectivity index (χ2v) is 5.87. The minimum absolute atomic E-state index is 0.0803. The number of nitrogens with one attached hydrogen (secondary N) is 1. The summed E-state index contributed by atoms with van der Waals surface area (Å²) in [5.41, 5.74) is 1.25. The molecule has 2 rings (SSSR count). The van der Waals surface area contributed by atoms with Crippen LogP contribution in [-0.2, 0) is 17.7 Å². The van der Waals surface area contributed by atoms with Crippen LogP contribution in [-0.4, -0.2) is 36.8 Å². The first-order valence-electron chi connectivity index (χ1n) is 8.94. The largest absolute Gasteiger partial charge is 0.493 e. The van der Waals surface area contributed by atoms with Crippen LogP contribution in [0, 0.1) is 0 Å². The van der Waals surface area contributed by atoms with Crippen LogP contribution in [0.3, 0.4) is 0 Å². The SMILES string of the molecule is CCOCCCNC(=O)c1c(OCC)cc(=O)n2c1CCCCC2. The van der Waals surface area contributed by atoms with Gasteiger partial charge in [0, 0.05) is 38.1 Å². The molecule has 0 atom stereocenters. The predicted molar refractivity (Wildman–Crippen MR) is 92.9 cm³/mol. The van der Waals surface area contributed by atoms with Crippen molar-refractivity contribution in [3.05, 3.63) is 27.7 Å². The molecule has 1 aliphatic rings. The van der Waals surface area contributed by atoms with Gasteiger partial charge in [0.2, 0.25) is 0 Å². The number of carbonyl (C=O) groups is 1. The summed E-state index contributed by atoms with van der Waals surface area (Å²) >= 11 is 0. The minimum atomic E-state index is -0.166. The van der Waals surface area contributed by atoms with Crippen molar-refractivity contribution >= 4 is 5.91 Å². The fourth-order valence-electron chi connectivity index (χ4n) is 3.04. The number of nitrogens with zero attached hydrogens (tertiary/aromatic N) is 1. The average molecular weight is 336 g/mol. The van der Waals surface area contributed by atoms with Gasteiger partial charge in [-0.05, 0) is 39.5 Å². The number of rotatable bonds is 8. The number of hydrogen-bond donors (Lipinski definition) is 1. The molecule has 134 valence electrons. The number of pyridine rings is 1. The lowest BCUT2D eigenvalue weighted by atomic mass is 10.1. The van der Waals surface area contributed by atoms with Gasteiger partial charge in [-0.1, -0.05) is 6.42 Å². The normalized spacial score (nSPS) is 13.9. The van der Waals surface area contributed by atoms with Gasteiger partial charge < -0.3 is 19.4 Å². The Morgan fingerprint density at radius 1 is 1.25 bits per heavy atom. The third-order valence-corrected chi connectivity index (χ3v) is 4.16. The van der Waals surface area contributed by atoms with Crippen molar-refractivity contribution < 1.29 is 14.3 Å². The standard InChI is InChI=1S/C18H28N2O4/c1-3-23-12-8-10-19-18(22)17-14-9-6-5-7-11-20(14)16(21)13-15(17)24-4-2/h13H,3-12H2,1-2H3,(H,19,22). The molecule has 6 nitrogen and oxygen atoms in total. The molecule has 0 bridgehead atoms. The molecule has 0 aromatic carbocycles. The quantitative estimate of drug-likeness (QED) is 0.738. The smallest absolute Gasteiger partial charge is 0.256 e. The summed E-state index contributed by atoms with van der Waals surface area (Å²) in [6, 6.07) is 1.45. The molecule has 1 aromatic heterocycles. The van der Waals surface area contributed by atoms with Crippen LogP contribution >= 0.6 is 0 Å². The number of hydrogen-bond acceptors (Lipinski definition) is 4. The van der Waals surface area contributed by atoms with Gasteiger partial charge in [0.1, 0.15) is 11.3 Å². The maximum Gasteiger partial charge on any atom is 0.256 e. The Labute approximate surface area is 143 Å². The summed E-state index contributed by atoms with van der Waals surface area (Å²) in [6.45, 7) is 6.75. The fourth-order valence-corrected chi connectivity index (χ4v) is 3.04. The molecule has 0 radical (unpaired) electrons. The van der Waals surface area contributed by atoms with E-state index in [-0.39, 0.29) is 11.5 Å². The predicted octanol–water partition coefficient (Wildman–Crippen LogP) is 2.13. The van der Waals surface area contributed by atoms with Crippen molar-refractivity contribution in [1.82, 2.24) is 9.88 Å². The van der Waals surface area contributed by atoms with Crippen molar-refractivity contribution in [3.63, 3.8) is 0 Å². The Balaban J connectivity index is 2.25. The van der Waals surface area contributed by atoms with E-state index < -0.39 is 0 Å². The molecule has 0 saturated carbocycles. The summed E-state index contributed by atoms with van der Waals surface area (Å²) in [4.78, 5) is 25.1. The van der Waals surface area contributed by atoms with Crippen molar-refractivity contribution in [2.45, 2.75) is 52.5 Å². The lowest BCUT2D eigenvalue weighted by molar-refractivity contribution is 0.0938. The van der Waals surface area contributed by atoms with Gasteiger partial charge in [0.25, 0.3) is 11.5 Å². The average Bonchev–Trinajstić information content (AvgIpc) is 2.81. The number of ether oxygens (including phenoxy) is 2. The van der Waals surface area contributed by atoms with E-state index in [1.165, 1.54) is 6.07 Å². The lowest BCUT2D eigenvalue weighted by Gasteiger charge is -2.18. The summed E-state index contributed by atoms with van der Waals surface area (Å²) < 4.78 is 12.6. The second-order valence-electron chi connectivity index (χ2n) is 5.87. The lowest BCUT2D eigenvalue weighted by Crippen LogP contribution is -2.31. The highest BCUT2D eigenvalue weighted by Gasteiger charge is 2.23. The number of aromatic nitrogens is 1. The van der Waals surface area contributed by atoms with E-state index in [0.29, 0.717) is 44.2 Å². The van der Waals surface area contributed by atoms with E-state index in [1.54, 1.807) is 4.57 Å². The maximum atomic E-state index is 12.7. The number of fused-ring (bicyclic) bond motifs is 1. The van der Waals surface area contributed by atoms with Crippen LogP contribution in [0.25, 0.3) is 0 Å². The Morgan fingerprint density at radius 3 is 2.83 bits per heavy atom. The van der Waals surface area contributed by atoms with E-state index in [9.17, 15) is 9.59 Å². The van der Waals surface area contributed by atoms with Crippen molar-refractivity contribution in [2.24, 2.45) is 0 Å². The highest BCUT2D eigenvalue weighted by molar-refractivity contribution is 5.98. The Hall–Kier alpha value is -1.82. The first kappa shape index (κ1) is 18.5. The summed E-state index contributed by atoms with van der Waals surface area (Å²) in [6.07, 6.45) is 4.52. The van der Waals surface area contributed by atoms with Gasteiger partial charge in [-0.2, -0.15) is 0 Å². The Morgan fingerprint density at radius 2 is 2.08 bits per heavy atom. The zero-order valence-corrected chi connectivity index (χ0v) is 14.7. The molecule has 0 fully saturated rings. The molecule has 1 N–H and O–H groups in total. The van der Waals surface area contributed by atoms with Gasteiger partial charge in [-0.15, -0.1) is 0 Å².